The smallest absolute Gasteiger partial charge is 0.330 e. The minimum Gasteiger partial charge on any atom is -0.330 e. The molecule has 0 radical (unpaired) electrons. The predicted octanol–water partition coefficient (Wildman–Crippen LogP) is 1.22. The van der Waals surface area contributed by atoms with Crippen molar-refractivity contribution >= 4 is 0 Å². The van der Waals surface area contributed by atoms with E-state index in [1.807, 2.05) is 0 Å². The van der Waals surface area contributed by atoms with Crippen LogP contribution in [0.4, 0.5) is 13.2 Å². The highest BCUT2D eigenvalue weighted by molar-refractivity contribution is 4.84. The molecular formula is C8H15F3N2. The molecule has 13 heavy (non-hydrogen) atoms. The Hall–Kier alpha value is -0.290. The van der Waals surface area contributed by atoms with Gasteiger partial charge in [0.25, 0.3) is 0 Å². The van der Waals surface area contributed by atoms with Crippen molar-refractivity contribution in [2.75, 3.05) is 20.1 Å². The molecule has 0 aliphatic carbocycles. The summed E-state index contributed by atoms with van der Waals surface area (Å²) in [6.45, 7) is 0.940. The van der Waals surface area contributed by atoms with E-state index in [-0.39, 0.29) is 12.3 Å². The average Bonchev–Trinajstić information content (AvgIpc) is 2.01. The Morgan fingerprint density at radius 2 is 2.00 bits per heavy atom. The van der Waals surface area contributed by atoms with Crippen LogP contribution in [0.3, 0.4) is 0 Å². The lowest BCUT2D eigenvalue weighted by Crippen LogP contribution is -2.50. The van der Waals surface area contributed by atoms with E-state index in [2.05, 4.69) is 0 Å². The summed E-state index contributed by atoms with van der Waals surface area (Å²) in [6, 6.07) is -1.27. The van der Waals surface area contributed by atoms with Crippen molar-refractivity contribution in [1.29, 1.82) is 0 Å². The molecule has 78 valence electrons. The largest absolute Gasteiger partial charge is 0.404 e. The first kappa shape index (κ1) is 10.8. The van der Waals surface area contributed by atoms with Gasteiger partial charge < -0.3 is 5.73 Å². The van der Waals surface area contributed by atoms with Gasteiger partial charge in [-0.2, -0.15) is 13.2 Å². The summed E-state index contributed by atoms with van der Waals surface area (Å²) in [7, 11) is 1.51. The van der Waals surface area contributed by atoms with Gasteiger partial charge in [0.2, 0.25) is 0 Å². The van der Waals surface area contributed by atoms with Crippen LogP contribution in [0.2, 0.25) is 0 Å². The number of hydrogen-bond acceptors (Lipinski definition) is 2. The molecule has 0 saturated carbocycles. The maximum Gasteiger partial charge on any atom is 0.404 e. The van der Waals surface area contributed by atoms with Crippen LogP contribution in [0.15, 0.2) is 0 Å². The molecule has 1 aliphatic rings. The van der Waals surface area contributed by atoms with Crippen molar-refractivity contribution in [2.24, 2.45) is 11.7 Å². The van der Waals surface area contributed by atoms with E-state index >= 15 is 0 Å². The molecule has 0 aromatic carbocycles. The maximum atomic E-state index is 12.3. The van der Waals surface area contributed by atoms with Crippen LogP contribution >= 0.6 is 0 Å². The molecule has 2 unspecified atom stereocenters. The Labute approximate surface area is 75.9 Å². The van der Waals surface area contributed by atoms with Crippen LogP contribution < -0.4 is 5.73 Å². The minimum atomic E-state index is -4.09. The Morgan fingerprint density at radius 1 is 1.38 bits per heavy atom. The quantitative estimate of drug-likeness (QED) is 0.683. The Bertz CT molecular complexity index is 169. The fraction of sp³-hybridized carbons (Fsp3) is 1.00. The van der Waals surface area contributed by atoms with Gasteiger partial charge in [0, 0.05) is 6.54 Å². The average molecular weight is 196 g/mol. The van der Waals surface area contributed by atoms with E-state index in [9.17, 15) is 13.2 Å². The zero-order valence-corrected chi connectivity index (χ0v) is 7.64. The lowest BCUT2D eigenvalue weighted by molar-refractivity contribution is -0.190. The molecule has 1 fully saturated rings. The fourth-order valence-electron chi connectivity index (χ4n) is 1.85. The number of nitrogens with zero attached hydrogens (tertiary/aromatic N) is 1. The normalized spacial score (nSPS) is 32.1. The third-order valence-corrected chi connectivity index (χ3v) is 2.64. The minimum absolute atomic E-state index is 0.182. The first-order valence-corrected chi connectivity index (χ1v) is 4.42. The van der Waals surface area contributed by atoms with Crippen LogP contribution in [0.1, 0.15) is 12.8 Å². The monoisotopic (exact) mass is 196 g/mol. The standard InChI is InChI=1S/C8H15F3N2/c1-13-5-6(4-12)2-3-7(13)8(9,10)11/h6-7H,2-5,12H2,1H3. The molecular weight excluding hydrogens is 181 g/mol. The van der Waals surface area contributed by atoms with Gasteiger partial charge in [-0.05, 0) is 32.4 Å². The van der Waals surface area contributed by atoms with Crippen LogP contribution in [0, 0.1) is 5.92 Å². The second-order valence-corrected chi connectivity index (χ2v) is 3.68. The van der Waals surface area contributed by atoms with Gasteiger partial charge in [-0.3, -0.25) is 4.90 Å². The van der Waals surface area contributed by atoms with Gasteiger partial charge in [-0.25, -0.2) is 0 Å². The summed E-state index contributed by atoms with van der Waals surface area (Å²) in [5, 5.41) is 0. The molecule has 2 N–H and O–H groups in total. The second-order valence-electron chi connectivity index (χ2n) is 3.68. The van der Waals surface area contributed by atoms with Gasteiger partial charge in [-0.15, -0.1) is 0 Å². The van der Waals surface area contributed by atoms with Gasteiger partial charge >= 0.3 is 6.18 Å². The van der Waals surface area contributed by atoms with Gasteiger partial charge in [-0.1, -0.05) is 0 Å². The van der Waals surface area contributed by atoms with E-state index in [1.54, 1.807) is 0 Å². The van der Waals surface area contributed by atoms with E-state index < -0.39 is 12.2 Å². The number of alkyl halides is 3. The number of likely N-dealkylation sites (tertiary alicyclic amines) is 1. The van der Waals surface area contributed by atoms with E-state index in [4.69, 9.17) is 5.73 Å². The van der Waals surface area contributed by atoms with Crippen LogP contribution in [-0.4, -0.2) is 37.3 Å². The van der Waals surface area contributed by atoms with E-state index in [1.165, 1.54) is 11.9 Å². The number of nitrogens with two attached hydrogens (primary N) is 1. The lowest BCUT2D eigenvalue weighted by atomic mass is 9.93. The number of hydrogen-bond donors (Lipinski definition) is 1. The molecule has 0 amide bonds. The van der Waals surface area contributed by atoms with Crippen LogP contribution in [0.5, 0.6) is 0 Å². The molecule has 1 heterocycles. The van der Waals surface area contributed by atoms with Crippen LogP contribution in [0.25, 0.3) is 0 Å². The molecule has 1 aliphatic heterocycles. The SMILES string of the molecule is CN1CC(CN)CCC1C(F)(F)F. The van der Waals surface area contributed by atoms with Crippen molar-refractivity contribution in [3.05, 3.63) is 0 Å². The van der Waals surface area contributed by atoms with Crippen molar-refractivity contribution in [3.63, 3.8) is 0 Å². The highest BCUT2D eigenvalue weighted by atomic mass is 19.4. The van der Waals surface area contributed by atoms with Crippen molar-refractivity contribution < 1.29 is 13.2 Å². The van der Waals surface area contributed by atoms with Gasteiger partial charge in [0.1, 0.15) is 6.04 Å². The summed E-state index contributed by atoms with van der Waals surface area (Å²) < 4.78 is 37.0. The molecule has 0 aromatic heterocycles. The third kappa shape index (κ3) is 2.57. The first-order chi connectivity index (χ1) is 5.95. The number of rotatable bonds is 1. The number of piperidine rings is 1. The van der Waals surface area contributed by atoms with Crippen molar-refractivity contribution in [2.45, 2.75) is 25.1 Å². The Morgan fingerprint density at radius 3 is 2.38 bits per heavy atom. The van der Waals surface area contributed by atoms with Gasteiger partial charge in [0.15, 0.2) is 0 Å². The highest BCUT2D eigenvalue weighted by Gasteiger charge is 2.44. The molecule has 1 saturated heterocycles. The molecule has 0 aromatic rings. The molecule has 2 nitrogen and oxygen atoms in total. The molecule has 2 atom stereocenters. The van der Waals surface area contributed by atoms with E-state index in [0.29, 0.717) is 19.5 Å². The predicted molar refractivity (Wildman–Crippen MR) is 44.3 cm³/mol. The molecule has 5 heteroatoms. The summed E-state index contributed by atoms with van der Waals surface area (Å²) in [5.74, 6) is 0.226. The first-order valence-electron chi connectivity index (χ1n) is 4.42. The highest BCUT2D eigenvalue weighted by Crippen LogP contribution is 2.32. The topological polar surface area (TPSA) is 29.3 Å². The Balaban J connectivity index is 2.53. The molecule has 0 spiro atoms. The fourth-order valence-corrected chi connectivity index (χ4v) is 1.85. The maximum absolute atomic E-state index is 12.3. The lowest BCUT2D eigenvalue weighted by Gasteiger charge is -2.37. The van der Waals surface area contributed by atoms with E-state index in [0.717, 1.165) is 0 Å². The van der Waals surface area contributed by atoms with Crippen molar-refractivity contribution in [1.82, 2.24) is 4.90 Å². The third-order valence-electron chi connectivity index (χ3n) is 2.64. The summed E-state index contributed by atoms with van der Waals surface area (Å²) in [6.07, 6.45) is -3.32. The Kier molecular flexibility index (Phi) is 3.18. The summed E-state index contributed by atoms with van der Waals surface area (Å²) in [4.78, 5) is 1.36. The summed E-state index contributed by atoms with van der Waals surface area (Å²) >= 11 is 0. The summed E-state index contributed by atoms with van der Waals surface area (Å²) in [5.41, 5.74) is 5.41. The number of halogens is 3. The van der Waals surface area contributed by atoms with Crippen molar-refractivity contribution in [3.8, 4) is 0 Å². The van der Waals surface area contributed by atoms with Crippen LogP contribution in [-0.2, 0) is 0 Å². The zero-order chi connectivity index (χ0) is 10.1. The second kappa shape index (κ2) is 3.84. The zero-order valence-electron chi connectivity index (χ0n) is 7.64. The molecule has 0 bridgehead atoms. The van der Waals surface area contributed by atoms with Gasteiger partial charge in [0.05, 0.1) is 0 Å². The molecule has 1 rings (SSSR count).